The van der Waals surface area contributed by atoms with Gasteiger partial charge in [0.15, 0.2) is 0 Å². The minimum atomic E-state index is -0.976. The Morgan fingerprint density at radius 3 is 2.31 bits per heavy atom. The summed E-state index contributed by atoms with van der Waals surface area (Å²) in [5.41, 5.74) is 4.58. The summed E-state index contributed by atoms with van der Waals surface area (Å²) < 4.78 is 11.0. The molecule has 2 aromatic carbocycles. The Morgan fingerprint density at radius 2 is 1.71 bits per heavy atom. The third kappa shape index (κ3) is 5.48. The van der Waals surface area contributed by atoms with Crippen molar-refractivity contribution in [1.29, 1.82) is 0 Å². The molecule has 0 aromatic heterocycles. The van der Waals surface area contributed by atoms with Gasteiger partial charge in [-0.05, 0) is 28.2 Å². The molecule has 1 saturated heterocycles. The van der Waals surface area contributed by atoms with Crippen LogP contribution in [0.3, 0.4) is 0 Å². The van der Waals surface area contributed by atoms with Gasteiger partial charge in [0.1, 0.15) is 6.61 Å². The monoisotopic (exact) mass is 480 g/mol. The smallest absolute Gasteiger partial charge is 0.407 e. The van der Waals surface area contributed by atoms with Crippen molar-refractivity contribution in [3.8, 4) is 11.1 Å². The van der Waals surface area contributed by atoms with Crippen LogP contribution in [0.15, 0.2) is 48.5 Å². The maximum Gasteiger partial charge on any atom is 0.407 e. The molecule has 2 aromatic rings. The van der Waals surface area contributed by atoms with Crippen molar-refractivity contribution in [1.82, 2.24) is 10.2 Å². The normalized spacial score (nSPS) is 18.0. The first-order valence-corrected chi connectivity index (χ1v) is 12.1. The molecule has 0 spiro atoms. The molecule has 0 bridgehead atoms. The molecular weight excluding hydrogens is 448 g/mol. The number of alkyl carbamates (subject to hydrolysis) is 1. The highest BCUT2D eigenvalue weighted by Crippen LogP contribution is 2.44. The Hall–Kier alpha value is -3.39. The number of hydrogen-bond acceptors (Lipinski definition) is 5. The van der Waals surface area contributed by atoms with Gasteiger partial charge in [-0.15, -0.1) is 0 Å². The second kappa shape index (κ2) is 10.9. The maximum atomic E-state index is 13.3. The average molecular weight is 481 g/mol. The third-order valence-electron chi connectivity index (χ3n) is 6.85. The molecule has 0 saturated carbocycles. The molecule has 1 fully saturated rings. The van der Waals surface area contributed by atoms with Crippen LogP contribution in [0.2, 0.25) is 0 Å². The molecule has 1 heterocycles. The molecule has 4 rings (SSSR count). The van der Waals surface area contributed by atoms with Gasteiger partial charge < -0.3 is 24.8 Å². The van der Waals surface area contributed by atoms with Crippen LogP contribution in [-0.4, -0.2) is 66.9 Å². The lowest BCUT2D eigenvalue weighted by atomic mass is 9.93. The number of nitrogens with zero attached hydrogens (tertiary/aromatic N) is 1. The summed E-state index contributed by atoms with van der Waals surface area (Å²) in [7, 11) is 0. The van der Waals surface area contributed by atoms with E-state index in [1.165, 1.54) is 0 Å². The molecule has 2 amide bonds. The Kier molecular flexibility index (Phi) is 7.70. The SMILES string of the molecule is CC(C)C(CNC(=O)OCC1c2ccccc2-c2ccccc21)C(=O)N1CCOCC1CC(=O)O. The van der Waals surface area contributed by atoms with Crippen molar-refractivity contribution in [3.63, 3.8) is 0 Å². The van der Waals surface area contributed by atoms with Crippen LogP contribution in [0.25, 0.3) is 11.1 Å². The summed E-state index contributed by atoms with van der Waals surface area (Å²) in [6.45, 7) is 5.04. The van der Waals surface area contributed by atoms with Gasteiger partial charge >= 0.3 is 12.1 Å². The highest BCUT2D eigenvalue weighted by Gasteiger charge is 2.35. The van der Waals surface area contributed by atoms with Crippen molar-refractivity contribution in [2.45, 2.75) is 32.2 Å². The van der Waals surface area contributed by atoms with E-state index in [1.54, 1.807) is 4.90 Å². The summed E-state index contributed by atoms with van der Waals surface area (Å²) in [4.78, 5) is 38.7. The van der Waals surface area contributed by atoms with Crippen molar-refractivity contribution >= 4 is 18.0 Å². The van der Waals surface area contributed by atoms with Crippen LogP contribution in [0.5, 0.6) is 0 Å². The van der Waals surface area contributed by atoms with E-state index >= 15 is 0 Å². The predicted molar refractivity (Wildman–Crippen MR) is 130 cm³/mol. The molecule has 35 heavy (non-hydrogen) atoms. The fourth-order valence-electron chi connectivity index (χ4n) is 4.98. The number of carbonyl (C=O) groups excluding carboxylic acids is 2. The fraction of sp³-hybridized carbons (Fsp3) is 0.444. The molecule has 2 atom stereocenters. The molecule has 0 radical (unpaired) electrons. The average Bonchev–Trinajstić information content (AvgIpc) is 3.16. The molecule has 8 heteroatoms. The number of nitrogens with one attached hydrogen (secondary N) is 1. The predicted octanol–water partition coefficient (Wildman–Crippen LogP) is 3.50. The second-order valence-electron chi connectivity index (χ2n) is 9.42. The van der Waals surface area contributed by atoms with Crippen LogP contribution in [-0.2, 0) is 19.1 Å². The molecular formula is C27H32N2O6. The molecule has 186 valence electrons. The number of benzene rings is 2. The Morgan fingerprint density at radius 1 is 1.09 bits per heavy atom. The lowest BCUT2D eigenvalue weighted by Gasteiger charge is -2.38. The summed E-state index contributed by atoms with van der Waals surface area (Å²) in [6.07, 6.45) is -0.745. The van der Waals surface area contributed by atoms with E-state index < -0.39 is 24.0 Å². The van der Waals surface area contributed by atoms with Gasteiger partial charge in [-0.1, -0.05) is 62.4 Å². The quantitative estimate of drug-likeness (QED) is 0.599. The number of ether oxygens (including phenoxy) is 2. The van der Waals surface area contributed by atoms with Gasteiger partial charge in [0.25, 0.3) is 0 Å². The van der Waals surface area contributed by atoms with Crippen LogP contribution >= 0.6 is 0 Å². The first-order valence-electron chi connectivity index (χ1n) is 12.1. The summed E-state index contributed by atoms with van der Waals surface area (Å²) in [6, 6.07) is 15.8. The van der Waals surface area contributed by atoms with Gasteiger partial charge in [0.05, 0.1) is 31.6 Å². The minimum Gasteiger partial charge on any atom is -0.481 e. The Balaban J connectivity index is 1.36. The molecule has 1 aliphatic carbocycles. The fourth-order valence-corrected chi connectivity index (χ4v) is 4.98. The first-order chi connectivity index (χ1) is 16.9. The van der Waals surface area contributed by atoms with E-state index in [0.29, 0.717) is 13.2 Å². The third-order valence-corrected chi connectivity index (χ3v) is 6.85. The largest absolute Gasteiger partial charge is 0.481 e. The minimum absolute atomic E-state index is 0.0409. The lowest BCUT2D eigenvalue weighted by Crippen LogP contribution is -2.53. The standard InChI is InChI=1S/C27H32N2O6/c1-17(2)23(26(32)29-11-12-34-15-18(29)13-25(30)31)14-28-27(33)35-16-24-21-9-5-3-7-19(21)20-8-4-6-10-22(20)24/h3-10,17-18,23-24H,11-16H2,1-2H3,(H,28,33)(H,30,31). The Bertz CT molecular complexity index is 1040. The molecule has 2 N–H and O–H groups in total. The van der Waals surface area contributed by atoms with E-state index in [0.717, 1.165) is 22.3 Å². The number of fused-ring (bicyclic) bond motifs is 3. The van der Waals surface area contributed by atoms with E-state index in [1.807, 2.05) is 38.1 Å². The number of rotatable bonds is 8. The van der Waals surface area contributed by atoms with Gasteiger partial charge in [-0.25, -0.2) is 4.79 Å². The van der Waals surface area contributed by atoms with E-state index in [4.69, 9.17) is 9.47 Å². The molecule has 2 aliphatic rings. The van der Waals surface area contributed by atoms with Crippen molar-refractivity contribution in [2.75, 3.05) is 32.9 Å². The van der Waals surface area contributed by atoms with E-state index in [-0.39, 0.29) is 43.9 Å². The summed E-state index contributed by atoms with van der Waals surface area (Å²) in [5, 5.41) is 11.9. The van der Waals surface area contributed by atoms with Gasteiger partial charge in [0, 0.05) is 19.0 Å². The number of carbonyl (C=O) groups is 3. The summed E-state index contributed by atoms with van der Waals surface area (Å²) in [5.74, 6) is -1.74. The van der Waals surface area contributed by atoms with Gasteiger partial charge in [0.2, 0.25) is 5.91 Å². The lowest BCUT2D eigenvalue weighted by molar-refractivity contribution is -0.149. The number of morpholine rings is 1. The number of aliphatic carboxylic acids is 1. The first kappa shape index (κ1) is 24.7. The number of carboxylic acid groups (broad SMARTS) is 1. The van der Waals surface area contributed by atoms with Gasteiger partial charge in [-0.2, -0.15) is 0 Å². The zero-order chi connectivity index (χ0) is 24.9. The zero-order valence-electron chi connectivity index (χ0n) is 20.1. The van der Waals surface area contributed by atoms with Crippen molar-refractivity contribution in [2.24, 2.45) is 11.8 Å². The molecule has 8 nitrogen and oxygen atoms in total. The molecule has 2 unspecified atom stereocenters. The topological polar surface area (TPSA) is 105 Å². The van der Waals surface area contributed by atoms with E-state index in [9.17, 15) is 19.5 Å². The van der Waals surface area contributed by atoms with Crippen LogP contribution in [0, 0.1) is 11.8 Å². The number of amides is 2. The van der Waals surface area contributed by atoms with Crippen molar-refractivity contribution < 1.29 is 29.0 Å². The van der Waals surface area contributed by atoms with Crippen LogP contribution in [0.1, 0.15) is 37.3 Å². The number of hydrogen-bond donors (Lipinski definition) is 2. The zero-order valence-corrected chi connectivity index (χ0v) is 20.1. The molecule has 1 aliphatic heterocycles. The van der Waals surface area contributed by atoms with Crippen LogP contribution in [0.4, 0.5) is 4.79 Å². The highest BCUT2D eigenvalue weighted by atomic mass is 16.5. The van der Waals surface area contributed by atoms with E-state index in [2.05, 4.69) is 29.6 Å². The van der Waals surface area contributed by atoms with Crippen molar-refractivity contribution in [3.05, 3.63) is 59.7 Å². The maximum absolute atomic E-state index is 13.3. The second-order valence-corrected chi connectivity index (χ2v) is 9.42. The van der Waals surface area contributed by atoms with Gasteiger partial charge in [-0.3, -0.25) is 9.59 Å². The summed E-state index contributed by atoms with van der Waals surface area (Å²) >= 11 is 0. The van der Waals surface area contributed by atoms with Crippen LogP contribution < -0.4 is 5.32 Å². The Labute approximate surface area is 205 Å². The highest BCUT2D eigenvalue weighted by molar-refractivity contribution is 5.82. The number of carboxylic acids is 1.